The second-order valence-corrected chi connectivity index (χ2v) is 4.63. The number of carboxylic acid groups (broad SMARTS) is 1. The van der Waals surface area contributed by atoms with E-state index in [1.807, 2.05) is 0 Å². The van der Waals surface area contributed by atoms with Gasteiger partial charge in [0.1, 0.15) is 10.6 Å². The van der Waals surface area contributed by atoms with E-state index in [1.54, 1.807) is 11.8 Å². The minimum atomic E-state index is -1.02. The molecule has 6 heteroatoms. The molecule has 0 radical (unpaired) electrons. The van der Waals surface area contributed by atoms with Crippen molar-refractivity contribution in [1.82, 2.24) is 4.37 Å². The minimum absolute atomic E-state index is 0.117. The molecular formula is C10H12N2O3S. The molecule has 0 atom stereocenters. The lowest BCUT2D eigenvalue weighted by molar-refractivity contribution is -0.116. The van der Waals surface area contributed by atoms with Crippen molar-refractivity contribution < 1.29 is 14.7 Å². The summed E-state index contributed by atoms with van der Waals surface area (Å²) >= 11 is 1.08. The van der Waals surface area contributed by atoms with Crippen LogP contribution in [0.15, 0.2) is 0 Å². The number of rotatable bonds is 3. The van der Waals surface area contributed by atoms with Crippen LogP contribution in [0.5, 0.6) is 0 Å². The van der Waals surface area contributed by atoms with Crippen molar-refractivity contribution >= 4 is 28.4 Å². The average molecular weight is 240 g/mol. The van der Waals surface area contributed by atoms with Crippen LogP contribution >= 0.6 is 11.5 Å². The molecule has 16 heavy (non-hydrogen) atoms. The molecule has 1 aromatic rings. The normalized spacial score (nSPS) is 14.9. The van der Waals surface area contributed by atoms with Crippen molar-refractivity contribution in [2.45, 2.75) is 32.7 Å². The molecule has 0 saturated heterocycles. The zero-order chi connectivity index (χ0) is 11.9. The van der Waals surface area contributed by atoms with Crippen LogP contribution in [0.1, 0.15) is 35.8 Å². The van der Waals surface area contributed by atoms with Gasteiger partial charge in [0.2, 0.25) is 5.91 Å². The number of carbonyl (C=O) groups excluding carboxylic acids is 1. The molecule has 1 amide bonds. The highest BCUT2D eigenvalue weighted by Crippen LogP contribution is 2.37. The molecule has 0 spiro atoms. The highest BCUT2D eigenvalue weighted by Gasteiger charge is 2.36. The van der Waals surface area contributed by atoms with E-state index in [2.05, 4.69) is 4.37 Å². The lowest BCUT2D eigenvalue weighted by Gasteiger charge is -2.18. The zero-order valence-corrected chi connectivity index (χ0v) is 9.87. The molecule has 0 aliphatic heterocycles. The standard InChI is InChI=1S/C10H12N2O3S/c1-5-8(10(14)15)9(16-11-5)12(6(2)13)7-3-4-7/h7H,3-4H2,1-2H3,(H,14,15). The fourth-order valence-electron chi connectivity index (χ4n) is 1.67. The first-order valence-corrected chi connectivity index (χ1v) is 5.79. The Kier molecular flexibility index (Phi) is 2.67. The summed E-state index contributed by atoms with van der Waals surface area (Å²) < 4.78 is 4.02. The summed E-state index contributed by atoms with van der Waals surface area (Å²) in [5.41, 5.74) is 0.631. The van der Waals surface area contributed by atoms with Gasteiger partial charge in [0, 0.05) is 13.0 Å². The quantitative estimate of drug-likeness (QED) is 0.872. The molecular weight excluding hydrogens is 228 g/mol. The van der Waals surface area contributed by atoms with Crippen LogP contribution in [0.4, 0.5) is 5.00 Å². The molecule has 5 nitrogen and oxygen atoms in total. The van der Waals surface area contributed by atoms with Crippen LogP contribution in [-0.2, 0) is 4.79 Å². The summed E-state index contributed by atoms with van der Waals surface area (Å²) in [4.78, 5) is 24.2. The van der Waals surface area contributed by atoms with Crippen LogP contribution in [0.2, 0.25) is 0 Å². The van der Waals surface area contributed by atoms with Crippen LogP contribution in [-0.4, -0.2) is 27.4 Å². The molecule has 1 saturated carbocycles. The van der Waals surface area contributed by atoms with Crippen molar-refractivity contribution in [3.63, 3.8) is 0 Å². The summed E-state index contributed by atoms with van der Waals surface area (Å²) in [6.45, 7) is 3.10. The monoisotopic (exact) mass is 240 g/mol. The van der Waals surface area contributed by atoms with Crippen molar-refractivity contribution in [2.24, 2.45) is 0 Å². The molecule has 1 aliphatic carbocycles. The third-order valence-corrected chi connectivity index (χ3v) is 3.47. The van der Waals surface area contributed by atoms with Crippen LogP contribution in [0.3, 0.4) is 0 Å². The Morgan fingerprint density at radius 2 is 2.12 bits per heavy atom. The van der Waals surface area contributed by atoms with Gasteiger partial charge in [-0.1, -0.05) is 0 Å². The van der Waals surface area contributed by atoms with E-state index in [0.717, 1.165) is 24.4 Å². The first-order valence-electron chi connectivity index (χ1n) is 5.01. The minimum Gasteiger partial charge on any atom is -0.478 e. The number of anilines is 1. The van der Waals surface area contributed by atoms with Gasteiger partial charge in [-0.2, -0.15) is 4.37 Å². The highest BCUT2D eigenvalue weighted by atomic mass is 32.1. The Morgan fingerprint density at radius 1 is 1.50 bits per heavy atom. The maximum Gasteiger partial charge on any atom is 0.340 e. The molecule has 0 aromatic carbocycles. The first-order chi connectivity index (χ1) is 7.52. The second kappa shape index (κ2) is 3.86. The van der Waals surface area contributed by atoms with Crippen molar-refractivity contribution in [3.8, 4) is 0 Å². The Bertz CT molecular complexity index is 451. The number of hydrogen-bond donors (Lipinski definition) is 1. The fraction of sp³-hybridized carbons (Fsp3) is 0.500. The van der Waals surface area contributed by atoms with E-state index < -0.39 is 5.97 Å². The van der Waals surface area contributed by atoms with Gasteiger partial charge < -0.3 is 5.11 Å². The van der Waals surface area contributed by atoms with E-state index >= 15 is 0 Å². The topological polar surface area (TPSA) is 70.5 Å². The third kappa shape index (κ3) is 1.80. The van der Waals surface area contributed by atoms with E-state index in [1.165, 1.54) is 6.92 Å². The summed E-state index contributed by atoms with van der Waals surface area (Å²) in [6, 6.07) is 0.162. The van der Waals surface area contributed by atoms with Crippen molar-refractivity contribution in [3.05, 3.63) is 11.3 Å². The van der Waals surface area contributed by atoms with Gasteiger partial charge >= 0.3 is 5.97 Å². The van der Waals surface area contributed by atoms with Gasteiger partial charge in [0.25, 0.3) is 0 Å². The van der Waals surface area contributed by atoms with Gasteiger partial charge in [-0.15, -0.1) is 0 Å². The van der Waals surface area contributed by atoms with Gasteiger partial charge in [-0.05, 0) is 31.3 Å². The van der Waals surface area contributed by atoms with Gasteiger partial charge in [-0.3, -0.25) is 9.69 Å². The Balaban J connectivity index is 2.45. The molecule has 1 fully saturated rings. The predicted molar refractivity (Wildman–Crippen MR) is 60.0 cm³/mol. The number of carbonyl (C=O) groups is 2. The SMILES string of the molecule is CC(=O)N(c1snc(C)c1C(=O)O)C1CC1. The van der Waals surface area contributed by atoms with Gasteiger partial charge in [0.15, 0.2) is 0 Å². The molecule has 1 N–H and O–H groups in total. The molecule has 1 aliphatic rings. The van der Waals surface area contributed by atoms with E-state index in [4.69, 9.17) is 5.11 Å². The summed E-state index contributed by atoms with van der Waals surface area (Å²) in [6.07, 6.45) is 1.88. The lowest BCUT2D eigenvalue weighted by Crippen LogP contribution is -2.31. The number of hydrogen-bond acceptors (Lipinski definition) is 4. The molecule has 0 unspecified atom stereocenters. The maximum absolute atomic E-state index is 11.5. The number of aryl methyl sites for hydroxylation is 1. The largest absolute Gasteiger partial charge is 0.478 e. The van der Waals surface area contributed by atoms with Crippen molar-refractivity contribution in [1.29, 1.82) is 0 Å². The predicted octanol–water partition coefficient (Wildman–Crippen LogP) is 1.67. The zero-order valence-electron chi connectivity index (χ0n) is 9.06. The maximum atomic E-state index is 11.5. The Labute approximate surface area is 96.9 Å². The van der Waals surface area contributed by atoms with E-state index in [0.29, 0.717) is 10.7 Å². The summed E-state index contributed by atoms with van der Waals surface area (Å²) in [7, 11) is 0. The Hall–Kier alpha value is -1.43. The third-order valence-electron chi connectivity index (χ3n) is 2.53. The average Bonchev–Trinajstić information content (AvgIpc) is 2.90. The lowest BCUT2D eigenvalue weighted by atomic mass is 10.2. The van der Waals surface area contributed by atoms with E-state index in [-0.39, 0.29) is 17.5 Å². The fourth-order valence-corrected chi connectivity index (χ4v) is 2.67. The molecule has 1 aromatic heterocycles. The Morgan fingerprint density at radius 3 is 2.56 bits per heavy atom. The van der Waals surface area contributed by atoms with E-state index in [9.17, 15) is 9.59 Å². The molecule has 0 bridgehead atoms. The molecule has 86 valence electrons. The smallest absolute Gasteiger partial charge is 0.340 e. The van der Waals surface area contributed by atoms with Gasteiger partial charge in [0.05, 0.1) is 5.69 Å². The summed E-state index contributed by atoms with van der Waals surface area (Å²) in [5.74, 6) is -1.14. The second-order valence-electron chi connectivity index (χ2n) is 3.87. The van der Waals surface area contributed by atoms with Crippen LogP contribution < -0.4 is 4.90 Å². The van der Waals surface area contributed by atoms with Crippen molar-refractivity contribution in [2.75, 3.05) is 4.90 Å². The molecule has 1 heterocycles. The number of carboxylic acids is 1. The highest BCUT2D eigenvalue weighted by molar-refractivity contribution is 7.11. The molecule has 2 rings (SSSR count). The van der Waals surface area contributed by atoms with Crippen LogP contribution in [0.25, 0.3) is 0 Å². The number of amides is 1. The summed E-state index contributed by atoms with van der Waals surface area (Å²) in [5, 5.41) is 9.57. The van der Waals surface area contributed by atoms with Gasteiger partial charge in [-0.25, -0.2) is 4.79 Å². The first kappa shape index (κ1) is 11.1. The number of aromatic nitrogens is 1. The number of nitrogens with zero attached hydrogens (tertiary/aromatic N) is 2. The van der Waals surface area contributed by atoms with Crippen LogP contribution in [0, 0.1) is 6.92 Å². The number of aromatic carboxylic acids is 1.